The summed E-state index contributed by atoms with van der Waals surface area (Å²) in [5, 5.41) is 4.68. The van der Waals surface area contributed by atoms with Crippen molar-refractivity contribution >= 4 is 23.4 Å². The number of primary amides is 1. The lowest BCUT2D eigenvalue weighted by molar-refractivity contribution is -0.140. The number of carbonyl (C=O) groups is 2. The molecule has 8 nitrogen and oxygen atoms in total. The zero-order chi connectivity index (χ0) is 21.1. The number of piperidine rings is 2. The normalized spacial score (nSPS) is 19.2. The van der Waals surface area contributed by atoms with Gasteiger partial charge in [0.25, 0.3) is 0 Å². The molecular formula is C21H26ClN5O3. The molecular weight excluding hydrogens is 406 g/mol. The van der Waals surface area contributed by atoms with Gasteiger partial charge in [-0.05, 0) is 50.9 Å². The van der Waals surface area contributed by atoms with Gasteiger partial charge < -0.3 is 15.2 Å². The van der Waals surface area contributed by atoms with Crippen LogP contribution in [0.25, 0.3) is 11.4 Å². The van der Waals surface area contributed by atoms with Crippen molar-refractivity contribution in [2.75, 3.05) is 26.2 Å². The van der Waals surface area contributed by atoms with Crippen LogP contribution in [0, 0.1) is 11.8 Å². The molecule has 4 rings (SSSR count). The summed E-state index contributed by atoms with van der Waals surface area (Å²) in [6, 6.07) is 7.35. The second-order valence-electron chi connectivity index (χ2n) is 8.07. The molecule has 0 unspecified atom stereocenters. The van der Waals surface area contributed by atoms with E-state index in [1.165, 1.54) is 0 Å². The predicted molar refractivity (Wildman–Crippen MR) is 111 cm³/mol. The molecule has 1 aromatic carbocycles. The molecule has 1 aromatic heterocycles. The number of hydrogen-bond donors (Lipinski definition) is 1. The van der Waals surface area contributed by atoms with E-state index in [1.54, 1.807) is 12.1 Å². The van der Waals surface area contributed by atoms with E-state index in [1.807, 2.05) is 17.0 Å². The van der Waals surface area contributed by atoms with E-state index in [9.17, 15) is 9.59 Å². The maximum Gasteiger partial charge on any atom is 0.241 e. The van der Waals surface area contributed by atoms with E-state index in [4.69, 9.17) is 21.9 Å². The Morgan fingerprint density at radius 2 is 1.80 bits per heavy atom. The Labute approximate surface area is 180 Å². The summed E-state index contributed by atoms with van der Waals surface area (Å²) >= 11 is 6.03. The van der Waals surface area contributed by atoms with Crippen LogP contribution >= 0.6 is 11.6 Å². The number of amides is 2. The number of carbonyl (C=O) groups excluding carboxylic acids is 2. The third kappa shape index (κ3) is 4.82. The summed E-state index contributed by atoms with van der Waals surface area (Å²) in [4.78, 5) is 32.7. The Kier molecular flexibility index (Phi) is 6.34. The van der Waals surface area contributed by atoms with Crippen molar-refractivity contribution in [2.24, 2.45) is 17.6 Å². The summed E-state index contributed by atoms with van der Waals surface area (Å²) in [5.41, 5.74) is 6.20. The Morgan fingerprint density at radius 3 is 2.47 bits per heavy atom. The fourth-order valence-electron chi connectivity index (χ4n) is 4.24. The Balaban J connectivity index is 1.26. The van der Waals surface area contributed by atoms with Gasteiger partial charge in [0.15, 0.2) is 0 Å². The van der Waals surface area contributed by atoms with Crippen molar-refractivity contribution in [3.05, 3.63) is 35.2 Å². The van der Waals surface area contributed by atoms with Gasteiger partial charge in [-0.25, -0.2) is 0 Å². The SMILES string of the molecule is NC(=O)C1CCN(C(=O)C2CCN(Cc3nc(-c4cccc(Cl)c4)no3)CC2)CC1. The van der Waals surface area contributed by atoms with Gasteiger partial charge in [0.05, 0.1) is 6.54 Å². The van der Waals surface area contributed by atoms with E-state index in [0.717, 1.165) is 31.5 Å². The van der Waals surface area contributed by atoms with Gasteiger partial charge in [-0.2, -0.15) is 4.98 Å². The first-order chi connectivity index (χ1) is 14.5. The molecule has 0 bridgehead atoms. The quantitative estimate of drug-likeness (QED) is 0.778. The summed E-state index contributed by atoms with van der Waals surface area (Å²) in [6.45, 7) is 3.44. The molecule has 0 aliphatic carbocycles. The smallest absolute Gasteiger partial charge is 0.241 e. The monoisotopic (exact) mass is 431 g/mol. The van der Waals surface area contributed by atoms with Gasteiger partial charge in [0, 0.05) is 35.5 Å². The number of benzene rings is 1. The molecule has 30 heavy (non-hydrogen) atoms. The van der Waals surface area contributed by atoms with Crippen LogP contribution in [-0.2, 0) is 16.1 Å². The molecule has 0 saturated carbocycles. The highest BCUT2D eigenvalue weighted by molar-refractivity contribution is 6.30. The lowest BCUT2D eigenvalue weighted by atomic mass is 9.92. The van der Waals surface area contributed by atoms with Gasteiger partial charge in [0.1, 0.15) is 0 Å². The third-order valence-electron chi connectivity index (χ3n) is 6.06. The average Bonchev–Trinajstić information content (AvgIpc) is 3.22. The highest BCUT2D eigenvalue weighted by Gasteiger charge is 2.32. The van der Waals surface area contributed by atoms with Crippen LogP contribution in [0.5, 0.6) is 0 Å². The summed E-state index contributed by atoms with van der Waals surface area (Å²) in [7, 11) is 0. The zero-order valence-corrected chi connectivity index (χ0v) is 17.6. The van der Waals surface area contributed by atoms with Crippen LogP contribution < -0.4 is 5.73 Å². The van der Waals surface area contributed by atoms with Crippen molar-refractivity contribution in [3.63, 3.8) is 0 Å². The van der Waals surface area contributed by atoms with E-state index in [0.29, 0.717) is 49.2 Å². The van der Waals surface area contributed by atoms with Crippen LogP contribution in [-0.4, -0.2) is 57.9 Å². The number of nitrogens with two attached hydrogens (primary N) is 1. The lowest BCUT2D eigenvalue weighted by Crippen LogP contribution is -2.46. The number of nitrogens with zero attached hydrogens (tertiary/aromatic N) is 4. The minimum Gasteiger partial charge on any atom is -0.369 e. The van der Waals surface area contributed by atoms with Crippen LogP contribution in [0.2, 0.25) is 5.02 Å². The number of aromatic nitrogens is 2. The van der Waals surface area contributed by atoms with E-state index >= 15 is 0 Å². The topological polar surface area (TPSA) is 106 Å². The molecule has 2 aliphatic rings. The molecule has 2 aromatic rings. The lowest BCUT2D eigenvalue weighted by Gasteiger charge is -2.36. The maximum absolute atomic E-state index is 12.8. The molecule has 3 heterocycles. The van der Waals surface area contributed by atoms with Crippen molar-refractivity contribution in [1.29, 1.82) is 0 Å². The summed E-state index contributed by atoms with van der Waals surface area (Å²) < 4.78 is 5.40. The minimum atomic E-state index is -0.255. The molecule has 2 N–H and O–H groups in total. The first-order valence-electron chi connectivity index (χ1n) is 10.4. The Bertz CT molecular complexity index is 902. The highest BCUT2D eigenvalue weighted by atomic mass is 35.5. The molecule has 0 spiro atoms. The molecule has 160 valence electrons. The average molecular weight is 432 g/mol. The third-order valence-corrected chi connectivity index (χ3v) is 6.29. The van der Waals surface area contributed by atoms with Crippen LogP contribution in [0.15, 0.2) is 28.8 Å². The molecule has 9 heteroatoms. The molecule has 2 aliphatic heterocycles. The second kappa shape index (κ2) is 9.14. The fraction of sp³-hybridized carbons (Fsp3) is 0.524. The van der Waals surface area contributed by atoms with Crippen LogP contribution in [0.3, 0.4) is 0 Å². The summed E-state index contributed by atoms with van der Waals surface area (Å²) in [5.74, 6) is 0.979. The van der Waals surface area contributed by atoms with Gasteiger partial charge >= 0.3 is 0 Å². The first-order valence-corrected chi connectivity index (χ1v) is 10.8. The molecule has 2 saturated heterocycles. The number of halogens is 1. The van der Waals surface area contributed by atoms with E-state index < -0.39 is 0 Å². The van der Waals surface area contributed by atoms with Gasteiger partial charge in [-0.1, -0.05) is 28.9 Å². The van der Waals surface area contributed by atoms with Crippen molar-refractivity contribution in [2.45, 2.75) is 32.2 Å². The molecule has 2 amide bonds. The fourth-order valence-corrected chi connectivity index (χ4v) is 4.43. The van der Waals surface area contributed by atoms with E-state index in [-0.39, 0.29) is 23.7 Å². The number of rotatable bonds is 5. The molecule has 0 radical (unpaired) electrons. The van der Waals surface area contributed by atoms with Crippen molar-refractivity contribution in [3.8, 4) is 11.4 Å². The maximum atomic E-state index is 12.8. The predicted octanol–water partition coefficient (Wildman–Crippen LogP) is 2.33. The number of likely N-dealkylation sites (tertiary alicyclic amines) is 2. The Hall–Kier alpha value is -2.45. The van der Waals surface area contributed by atoms with E-state index in [2.05, 4.69) is 15.0 Å². The van der Waals surface area contributed by atoms with Gasteiger partial charge in [0.2, 0.25) is 23.5 Å². The van der Waals surface area contributed by atoms with Crippen molar-refractivity contribution in [1.82, 2.24) is 19.9 Å². The Morgan fingerprint density at radius 1 is 1.10 bits per heavy atom. The van der Waals surface area contributed by atoms with Crippen molar-refractivity contribution < 1.29 is 14.1 Å². The van der Waals surface area contributed by atoms with Gasteiger partial charge in [-0.3, -0.25) is 14.5 Å². The standard InChI is InChI=1S/C21H26ClN5O3/c22-17-3-1-2-16(12-17)20-24-18(30-25-20)13-26-8-4-15(5-9-26)21(29)27-10-6-14(7-11-27)19(23)28/h1-3,12,14-15H,4-11,13H2,(H2,23,28). The number of hydrogen-bond acceptors (Lipinski definition) is 6. The highest BCUT2D eigenvalue weighted by Crippen LogP contribution is 2.25. The zero-order valence-electron chi connectivity index (χ0n) is 16.8. The van der Waals surface area contributed by atoms with Gasteiger partial charge in [-0.15, -0.1) is 0 Å². The second-order valence-corrected chi connectivity index (χ2v) is 8.51. The molecule has 2 fully saturated rings. The molecule has 0 atom stereocenters. The summed E-state index contributed by atoms with van der Waals surface area (Å²) in [6.07, 6.45) is 2.96. The van der Waals surface area contributed by atoms with Crippen LogP contribution in [0.1, 0.15) is 31.6 Å². The first kappa shape index (κ1) is 20.8. The largest absolute Gasteiger partial charge is 0.369 e. The minimum absolute atomic E-state index is 0.0380. The van der Waals surface area contributed by atoms with Crippen LogP contribution in [0.4, 0.5) is 0 Å².